The number of quaternary nitrogens is 1. The monoisotopic (exact) mass is 453 g/mol. The number of nitrogens with two attached hydrogens (primary N) is 1. The van der Waals surface area contributed by atoms with Gasteiger partial charge in [-0.15, -0.1) is 5.10 Å². The normalized spacial score (nSPS) is 27.5. The van der Waals surface area contributed by atoms with E-state index in [2.05, 4.69) is 10.3 Å². The van der Waals surface area contributed by atoms with E-state index in [0.717, 1.165) is 49.5 Å². The lowest BCUT2D eigenvalue weighted by Gasteiger charge is -2.47. The second kappa shape index (κ2) is 9.13. The summed E-state index contributed by atoms with van der Waals surface area (Å²) in [6, 6.07) is 8.30. The third-order valence-electron chi connectivity index (χ3n) is 7.91. The van der Waals surface area contributed by atoms with Crippen LogP contribution >= 0.6 is 0 Å². The molecule has 176 valence electrons. The van der Waals surface area contributed by atoms with Crippen molar-refractivity contribution in [2.24, 2.45) is 23.5 Å². The van der Waals surface area contributed by atoms with Crippen LogP contribution in [0.15, 0.2) is 30.5 Å². The van der Waals surface area contributed by atoms with Gasteiger partial charge in [-0.1, -0.05) is 5.21 Å². The molecule has 0 saturated carbocycles. The van der Waals surface area contributed by atoms with Crippen molar-refractivity contribution in [1.29, 1.82) is 0 Å². The Bertz CT molecular complexity index is 998. The minimum Gasteiger partial charge on any atom is -0.497 e. The number of benzene rings is 1. The standard InChI is InChI=1S/C24H32N6O3/c1-33-20-4-2-16(3-5-20)22-15-30(27-26-22)13-19-12-18-8-11-29(19)14-21(18)24(32)28-9-6-17(7-10-28)23(25)31/h2-5,15,17-19,21H,6-14H2,1H3,(H2,25,31)/p+1/t18-,19-,21+/m1/s1. The van der Waals surface area contributed by atoms with Crippen molar-refractivity contribution in [2.75, 3.05) is 33.3 Å². The zero-order valence-electron chi connectivity index (χ0n) is 19.2. The number of nitrogens with zero attached hydrogens (tertiary/aromatic N) is 4. The third-order valence-corrected chi connectivity index (χ3v) is 7.91. The Morgan fingerprint density at radius 1 is 1.18 bits per heavy atom. The molecule has 4 saturated heterocycles. The molecule has 33 heavy (non-hydrogen) atoms. The molecule has 4 aliphatic rings. The van der Waals surface area contributed by atoms with Gasteiger partial charge in [0, 0.05) is 37.4 Å². The van der Waals surface area contributed by atoms with Crippen LogP contribution in [0.4, 0.5) is 0 Å². The van der Waals surface area contributed by atoms with Crippen LogP contribution in [0.2, 0.25) is 0 Å². The summed E-state index contributed by atoms with van der Waals surface area (Å²) in [5.74, 6) is 1.31. The quantitative estimate of drug-likeness (QED) is 0.639. The highest BCUT2D eigenvalue weighted by molar-refractivity contribution is 5.80. The van der Waals surface area contributed by atoms with Crippen molar-refractivity contribution in [1.82, 2.24) is 19.9 Å². The molecular weight excluding hydrogens is 420 g/mol. The zero-order valence-corrected chi connectivity index (χ0v) is 19.2. The molecule has 1 aromatic carbocycles. The second-order valence-corrected chi connectivity index (χ2v) is 9.76. The first-order valence-corrected chi connectivity index (χ1v) is 12.0. The average Bonchev–Trinajstić information content (AvgIpc) is 3.32. The molecule has 4 atom stereocenters. The van der Waals surface area contributed by atoms with Gasteiger partial charge in [-0.25, -0.2) is 4.68 Å². The SMILES string of the molecule is COc1ccc(-c2cn(C[C@H]3C[C@H]4CC[NH+]3C[C@@H]4C(=O)N3CCC(C(N)=O)CC3)nn2)cc1. The molecule has 1 aromatic heterocycles. The first-order chi connectivity index (χ1) is 16.0. The summed E-state index contributed by atoms with van der Waals surface area (Å²) < 4.78 is 7.18. The van der Waals surface area contributed by atoms with Gasteiger partial charge in [0.15, 0.2) is 0 Å². The Labute approximate surface area is 193 Å². The summed E-state index contributed by atoms with van der Waals surface area (Å²) in [7, 11) is 1.66. The Morgan fingerprint density at radius 3 is 2.58 bits per heavy atom. The molecule has 9 heteroatoms. The van der Waals surface area contributed by atoms with Gasteiger partial charge < -0.3 is 20.3 Å². The van der Waals surface area contributed by atoms with E-state index in [1.807, 2.05) is 40.0 Å². The van der Waals surface area contributed by atoms with Crippen LogP contribution in [0, 0.1) is 17.8 Å². The summed E-state index contributed by atoms with van der Waals surface area (Å²) in [5, 5.41) is 8.73. The van der Waals surface area contributed by atoms with Gasteiger partial charge in [0.1, 0.15) is 17.5 Å². The topological polar surface area (TPSA) is 108 Å². The number of primary amides is 1. The number of carbonyl (C=O) groups is 2. The number of nitrogens with one attached hydrogen (secondary N) is 1. The van der Waals surface area contributed by atoms with Gasteiger partial charge in [0.2, 0.25) is 11.8 Å². The molecule has 9 nitrogen and oxygen atoms in total. The minimum atomic E-state index is -0.236. The number of carbonyl (C=O) groups excluding carboxylic acids is 2. The highest BCUT2D eigenvalue weighted by atomic mass is 16.5. The van der Waals surface area contributed by atoms with Gasteiger partial charge in [0.25, 0.3) is 0 Å². The fourth-order valence-corrected chi connectivity index (χ4v) is 5.93. The molecule has 0 radical (unpaired) electrons. The summed E-state index contributed by atoms with van der Waals surface area (Å²) >= 11 is 0. The van der Waals surface area contributed by atoms with E-state index >= 15 is 0 Å². The van der Waals surface area contributed by atoms with Gasteiger partial charge in [-0.05, 0) is 43.0 Å². The maximum atomic E-state index is 13.3. The van der Waals surface area contributed by atoms with E-state index < -0.39 is 0 Å². The molecule has 2 bridgehead atoms. The van der Waals surface area contributed by atoms with Gasteiger partial charge in [-0.2, -0.15) is 0 Å². The molecule has 3 N–H and O–H groups in total. The number of fused-ring (bicyclic) bond motifs is 3. The summed E-state index contributed by atoms with van der Waals surface area (Å²) in [6.07, 6.45) is 5.55. The van der Waals surface area contributed by atoms with Crippen molar-refractivity contribution >= 4 is 11.8 Å². The van der Waals surface area contributed by atoms with E-state index in [1.54, 1.807) is 7.11 Å². The van der Waals surface area contributed by atoms with Crippen LogP contribution in [0.5, 0.6) is 5.75 Å². The molecule has 2 amide bonds. The molecule has 2 aromatic rings. The van der Waals surface area contributed by atoms with Crippen molar-refractivity contribution < 1.29 is 19.2 Å². The smallest absolute Gasteiger partial charge is 0.231 e. The van der Waals surface area contributed by atoms with Crippen LogP contribution < -0.4 is 15.4 Å². The number of hydrogen-bond acceptors (Lipinski definition) is 5. The van der Waals surface area contributed by atoms with E-state index in [1.165, 1.54) is 4.90 Å². The number of piperidine rings is 4. The maximum absolute atomic E-state index is 13.3. The van der Waals surface area contributed by atoms with E-state index in [9.17, 15) is 9.59 Å². The molecule has 1 unspecified atom stereocenters. The Kier molecular flexibility index (Phi) is 6.05. The summed E-state index contributed by atoms with van der Waals surface area (Å²) in [5.41, 5.74) is 7.32. The maximum Gasteiger partial charge on any atom is 0.231 e. The number of ether oxygens (including phenoxy) is 1. The lowest BCUT2D eigenvalue weighted by Crippen LogP contribution is -3.20. The van der Waals surface area contributed by atoms with Crippen LogP contribution in [0.3, 0.4) is 0 Å². The van der Waals surface area contributed by atoms with Crippen molar-refractivity contribution in [3.8, 4) is 17.0 Å². The van der Waals surface area contributed by atoms with Gasteiger partial charge >= 0.3 is 0 Å². The summed E-state index contributed by atoms with van der Waals surface area (Å²) in [6.45, 7) is 4.13. The number of methoxy groups -OCH3 is 1. The first-order valence-electron chi connectivity index (χ1n) is 12.0. The first kappa shape index (κ1) is 21.9. The molecule has 0 aliphatic carbocycles. The van der Waals surface area contributed by atoms with Crippen molar-refractivity contribution in [3.63, 3.8) is 0 Å². The van der Waals surface area contributed by atoms with Gasteiger partial charge in [-0.3, -0.25) is 9.59 Å². The van der Waals surface area contributed by atoms with Crippen molar-refractivity contribution in [2.45, 2.75) is 38.3 Å². The number of amides is 2. The Morgan fingerprint density at radius 2 is 1.94 bits per heavy atom. The van der Waals surface area contributed by atoms with Crippen LogP contribution in [0.25, 0.3) is 11.3 Å². The van der Waals surface area contributed by atoms with Crippen LogP contribution in [0.1, 0.15) is 25.7 Å². The van der Waals surface area contributed by atoms with E-state index in [-0.39, 0.29) is 23.7 Å². The average molecular weight is 454 g/mol. The molecule has 0 spiro atoms. The van der Waals surface area contributed by atoms with Gasteiger partial charge in [0.05, 0.1) is 38.9 Å². The number of likely N-dealkylation sites (tertiary alicyclic amines) is 1. The third kappa shape index (κ3) is 4.46. The second-order valence-electron chi connectivity index (χ2n) is 9.76. The van der Waals surface area contributed by atoms with Crippen molar-refractivity contribution in [3.05, 3.63) is 30.5 Å². The summed E-state index contributed by atoms with van der Waals surface area (Å²) in [4.78, 5) is 28.2. The molecule has 6 rings (SSSR count). The fraction of sp³-hybridized carbons (Fsp3) is 0.583. The Balaban J connectivity index is 1.18. The zero-order chi connectivity index (χ0) is 22.9. The largest absolute Gasteiger partial charge is 0.497 e. The van der Waals surface area contributed by atoms with E-state index in [4.69, 9.17) is 10.5 Å². The number of aromatic nitrogens is 3. The minimum absolute atomic E-state index is 0.0823. The molecular formula is C24H33N6O3+. The van der Waals surface area contributed by atoms with Crippen LogP contribution in [-0.4, -0.2) is 71.0 Å². The molecule has 4 fully saturated rings. The lowest BCUT2D eigenvalue weighted by molar-refractivity contribution is -0.945. The number of hydrogen-bond donors (Lipinski definition) is 2. The predicted molar refractivity (Wildman–Crippen MR) is 121 cm³/mol. The van der Waals surface area contributed by atoms with Crippen LogP contribution in [-0.2, 0) is 16.1 Å². The predicted octanol–water partition coefficient (Wildman–Crippen LogP) is -0.0291. The lowest BCUT2D eigenvalue weighted by atomic mass is 9.74. The Hall–Kier alpha value is -2.94. The highest BCUT2D eigenvalue weighted by Gasteiger charge is 2.48. The van der Waals surface area contributed by atoms with E-state index in [0.29, 0.717) is 37.9 Å². The fourth-order valence-electron chi connectivity index (χ4n) is 5.93. The highest BCUT2D eigenvalue weighted by Crippen LogP contribution is 2.30. The number of rotatable bonds is 6. The molecule has 5 heterocycles. The molecule has 4 aliphatic heterocycles.